The summed E-state index contributed by atoms with van der Waals surface area (Å²) in [6.07, 6.45) is 1.87. The highest BCUT2D eigenvalue weighted by atomic mass is 19.2. The van der Waals surface area contributed by atoms with Crippen molar-refractivity contribution < 1.29 is 13.2 Å². The molecule has 1 aromatic carbocycles. The third-order valence-corrected chi connectivity index (χ3v) is 2.80. The molecular weight excluding hydrogens is 217 g/mol. The molecule has 2 nitrogen and oxygen atoms in total. The monoisotopic (exact) mass is 226 g/mol. The van der Waals surface area contributed by atoms with Crippen LogP contribution >= 0.6 is 0 Å². The largest absolute Gasteiger partial charge is 0.309 e. The topological polar surface area (TPSA) is 16.4 Å². The first-order valence-electron chi connectivity index (χ1n) is 4.88. The van der Waals surface area contributed by atoms with Crippen LogP contribution in [0.3, 0.4) is 0 Å². The Morgan fingerprint density at radius 3 is 2.31 bits per heavy atom. The van der Waals surface area contributed by atoms with Gasteiger partial charge in [-0.15, -0.1) is 0 Å². The first kappa shape index (κ1) is 10.8. The molecule has 1 saturated carbocycles. The van der Waals surface area contributed by atoms with Gasteiger partial charge in [0.25, 0.3) is 0 Å². The molecule has 1 N–H and O–H groups in total. The Morgan fingerprint density at radius 2 is 1.81 bits per heavy atom. The summed E-state index contributed by atoms with van der Waals surface area (Å²) in [5, 5.41) is 2.47. The number of nitrogens with zero attached hydrogens (tertiary/aromatic N) is 1. The lowest BCUT2D eigenvalue weighted by molar-refractivity contribution is 0.339. The Labute approximate surface area is 90.9 Å². The molecule has 1 fully saturated rings. The Bertz CT molecular complexity index is 461. The molecule has 0 saturated heterocycles. The summed E-state index contributed by atoms with van der Waals surface area (Å²) in [5.74, 6) is -3.27. The van der Waals surface area contributed by atoms with Crippen molar-refractivity contribution in [1.82, 2.24) is 0 Å². The second-order valence-electron chi connectivity index (χ2n) is 3.84. The van der Waals surface area contributed by atoms with Crippen molar-refractivity contribution in [2.45, 2.75) is 24.9 Å². The molecule has 0 spiro atoms. The van der Waals surface area contributed by atoms with Gasteiger partial charge in [0, 0.05) is 12.8 Å². The van der Waals surface area contributed by atoms with Crippen molar-refractivity contribution in [3.05, 3.63) is 41.0 Å². The molecule has 0 atom stereocenters. The first-order chi connectivity index (χ1) is 7.58. The number of halogens is 3. The summed E-state index contributed by atoms with van der Waals surface area (Å²) < 4.78 is 39.5. The maximum atomic E-state index is 13.3. The van der Waals surface area contributed by atoms with E-state index in [0.29, 0.717) is 12.8 Å². The van der Waals surface area contributed by atoms with Crippen molar-refractivity contribution in [3.8, 4) is 0 Å². The van der Waals surface area contributed by atoms with Gasteiger partial charge in [-0.05, 0) is 18.6 Å². The van der Waals surface area contributed by atoms with Crippen molar-refractivity contribution in [1.29, 1.82) is 0 Å². The zero-order valence-electron chi connectivity index (χ0n) is 8.36. The predicted octanol–water partition coefficient (Wildman–Crippen LogP) is 3.32. The van der Waals surface area contributed by atoms with E-state index in [-0.39, 0.29) is 0 Å². The van der Waals surface area contributed by atoms with E-state index < -0.39 is 28.8 Å². The van der Waals surface area contributed by atoms with E-state index in [2.05, 4.69) is 10.2 Å². The minimum Gasteiger partial charge on any atom is -0.309 e. The molecule has 0 unspecified atom stereocenters. The number of hydrogen-bond donors (Lipinski definition) is 1. The van der Waals surface area contributed by atoms with E-state index in [0.717, 1.165) is 18.6 Å². The van der Waals surface area contributed by atoms with E-state index >= 15 is 0 Å². The normalized spacial score (nSPS) is 17.4. The van der Waals surface area contributed by atoms with Crippen LogP contribution in [0.15, 0.2) is 12.1 Å². The fourth-order valence-corrected chi connectivity index (χ4v) is 1.65. The average molecular weight is 226 g/mol. The molecule has 0 bridgehead atoms. The van der Waals surface area contributed by atoms with Crippen LogP contribution in [0.1, 0.15) is 19.3 Å². The molecule has 0 aliphatic heterocycles. The van der Waals surface area contributed by atoms with Gasteiger partial charge in [0.2, 0.25) is 0 Å². The molecule has 0 radical (unpaired) electrons. The maximum absolute atomic E-state index is 13.3. The summed E-state index contributed by atoms with van der Waals surface area (Å²) in [5.41, 5.74) is -1.51. The molecule has 1 aliphatic rings. The van der Waals surface area contributed by atoms with Gasteiger partial charge in [-0.25, -0.2) is 19.7 Å². The fourth-order valence-electron chi connectivity index (χ4n) is 1.65. The van der Waals surface area contributed by atoms with E-state index in [9.17, 15) is 13.2 Å². The second-order valence-corrected chi connectivity index (χ2v) is 3.84. The average Bonchev–Trinajstić information content (AvgIpc) is 2.22. The van der Waals surface area contributed by atoms with Gasteiger partial charge in [0.05, 0.1) is 0 Å². The van der Waals surface area contributed by atoms with E-state index in [1.807, 2.05) is 0 Å². The van der Waals surface area contributed by atoms with Crippen molar-refractivity contribution in [3.63, 3.8) is 0 Å². The number of nitrogens with one attached hydrogen (secondary N) is 1. The Hall–Kier alpha value is -1.70. The van der Waals surface area contributed by atoms with Gasteiger partial charge in [-0.1, -0.05) is 0 Å². The number of hydrogen-bond acceptors (Lipinski definition) is 1. The molecule has 0 aromatic heterocycles. The lowest BCUT2D eigenvalue weighted by Gasteiger charge is -2.31. The van der Waals surface area contributed by atoms with Crippen molar-refractivity contribution >= 4 is 5.69 Å². The van der Waals surface area contributed by atoms with Crippen LogP contribution in [0.5, 0.6) is 0 Å². The lowest BCUT2D eigenvalue weighted by atomic mass is 9.85. The Kier molecular flexibility index (Phi) is 2.50. The molecule has 0 amide bonds. The summed E-state index contributed by atoms with van der Waals surface area (Å²) >= 11 is 0. The highest BCUT2D eigenvalue weighted by Crippen LogP contribution is 2.38. The van der Waals surface area contributed by atoms with Gasteiger partial charge >= 0.3 is 5.66 Å². The summed E-state index contributed by atoms with van der Waals surface area (Å²) in [6.45, 7) is 6.98. The second kappa shape index (κ2) is 3.71. The molecule has 1 aromatic rings. The molecule has 16 heavy (non-hydrogen) atoms. The predicted molar refractivity (Wildman–Crippen MR) is 53.1 cm³/mol. The van der Waals surface area contributed by atoms with Crippen LogP contribution in [-0.2, 0) is 0 Å². The molecular formula is C11H9F3N2. The van der Waals surface area contributed by atoms with Gasteiger partial charge in [-0.2, -0.15) is 0 Å². The van der Waals surface area contributed by atoms with Gasteiger partial charge in [0.15, 0.2) is 11.6 Å². The Morgan fingerprint density at radius 1 is 1.19 bits per heavy atom. The van der Waals surface area contributed by atoms with Crippen LogP contribution in [0, 0.1) is 24.0 Å². The number of rotatable bonds is 2. The number of benzene rings is 1. The van der Waals surface area contributed by atoms with Crippen LogP contribution in [0.25, 0.3) is 4.85 Å². The van der Waals surface area contributed by atoms with Crippen LogP contribution in [0.4, 0.5) is 18.9 Å². The van der Waals surface area contributed by atoms with Crippen molar-refractivity contribution in [2.75, 3.05) is 5.32 Å². The number of anilines is 1. The highest BCUT2D eigenvalue weighted by Gasteiger charge is 2.45. The van der Waals surface area contributed by atoms with E-state index in [1.165, 1.54) is 0 Å². The first-order valence-corrected chi connectivity index (χ1v) is 4.88. The molecule has 2 rings (SSSR count). The maximum Gasteiger partial charge on any atom is 0.305 e. The lowest BCUT2D eigenvalue weighted by Crippen LogP contribution is -2.42. The van der Waals surface area contributed by atoms with Gasteiger partial charge < -0.3 is 5.32 Å². The minimum absolute atomic E-state index is 0.520. The third-order valence-electron chi connectivity index (χ3n) is 2.80. The van der Waals surface area contributed by atoms with Gasteiger partial charge in [-0.3, -0.25) is 4.85 Å². The van der Waals surface area contributed by atoms with Crippen LogP contribution in [0.2, 0.25) is 0 Å². The standard InChI is InChI=1S/C11H9F3N2/c1-15-11(5-2-6-11)16-10-8(13)4-3-7(12)9(10)14/h3-4,16H,2,5-6H2. The summed E-state index contributed by atoms with van der Waals surface area (Å²) in [4.78, 5) is 3.32. The quantitative estimate of drug-likeness (QED) is 0.604. The zero-order chi connectivity index (χ0) is 11.8. The molecule has 1 aliphatic carbocycles. The summed E-state index contributed by atoms with van der Waals surface area (Å²) in [6, 6.07) is 1.57. The van der Waals surface area contributed by atoms with Gasteiger partial charge in [0.1, 0.15) is 11.5 Å². The third kappa shape index (κ3) is 1.60. The molecule has 5 heteroatoms. The fraction of sp³-hybridized carbons (Fsp3) is 0.364. The van der Waals surface area contributed by atoms with Crippen LogP contribution in [-0.4, -0.2) is 5.66 Å². The Balaban J connectivity index is 2.35. The molecule has 0 heterocycles. The molecule has 84 valence electrons. The van der Waals surface area contributed by atoms with Crippen molar-refractivity contribution in [2.24, 2.45) is 0 Å². The van der Waals surface area contributed by atoms with E-state index in [4.69, 9.17) is 6.57 Å². The highest BCUT2D eigenvalue weighted by molar-refractivity contribution is 5.50. The zero-order valence-corrected chi connectivity index (χ0v) is 8.36. The SMILES string of the molecule is [C-]#[N+]C1(Nc2c(F)ccc(F)c2F)CCC1. The minimum atomic E-state index is -1.27. The summed E-state index contributed by atoms with van der Waals surface area (Å²) in [7, 11) is 0. The smallest absolute Gasteiger partial charge is 0.305 e. The van der Waals surface area contributed by atoms with E-state index in [1.54, 1.807) is 0 Å². The van der Waals surface area contributed by atoms with Crippen LogP contribution < -0.4 is 5.32 Å².